The van der Waals surface area contributed by atoms with Crippen LogP contribution in [-0.4, -0.2) is 28.9 Å². The summed E-state index contributed by atoms with van der Waals surface area (Å²) in [5, 5.41) is 3.62. The Morgan fingerprint density at radius 3 is 2.67 bits per heavy atom. The third kappa shape index (κ3) is 3.33. The Balaban J connectivity index is 1.98. The Kier molecular flexibility index (Phi) is 4.78. The molecule has 1 saturated heterocycles. The topological polar surface area (TPSA) is 38.3 Å². The normalized spacial score (nSPS) is 25.7. The van der Waals surface area contributed by atoms with Gasteiger partial charge in [-0.15, -0.1) is 0 Å². The van der Waals surface area contributed by atoms with Crippen LogP contribution in [0.4, 0.5) is 0 Å². The molecule has 1 aliphatic rings. The predicted octanol–water partition coefficient (Wildman–Crippen LogP) is 2.26. The van der Waals surface area contributed by atoms with Crippen molar-refractivity contribution in [2.45, 2.75) is 31.8 Å². The summed E-state index contributed by atoms with van der Waals surface area (Å²) in [7, 11) is 1.11. The highest BCUT2D eigenvalue weighted by Crippen LogP contribution is 2.25. The molecule has 1 aromatic rings. The summed E-state index contributed by atoms with van der Waals surface area (Å²) < 4.78 is 16.7. The van der Waals surface area contributed by atoms with E-state index in [-0.39, 0.29) is 6.04 Å². The van der Waals surface area contributed by atoms with Crippen molar-refractivity contribution in [2.24, 2.45) is 0 Å². The Hall–Kier alpha value is -0.870. The lowest BCUT2D eigenvalue weighted by atomic mass is 10.0. The van der Waals surface area contributed by atoms with E-state index >= 15 is 0 Å². The molecule has 0 amide bonds. The Morgan fingerprint density at radius 2 is 2.00 bits per heavy atom. The molecule has 0 bridgehead atoms. The molecule has 0 unspecified atom stereocenters. The van der Waals surface area contributed by atoms with Crippen molar-refractivity contribution in [2.75, 3.05) is 18.6 Å². The molecule has 1 N–H and O–H groups in total. The second-order valence-corrected chi connectivity index (χ2v) is 6.45. The van der Waals surface area contributed by atoms with Crippen molar-refractivity contribution in [3.63, 3.8) is 0 Å². The van der Waals surface area contributed by atoms with Gasteiger partial charge in [-0.1, -0.05) is 18.2 Å². The zero-order valence-electron chi connectivity index (χ0n) is 11.0. The monoisotopic (exact) mass is 267 g/mol. The highest BCUT2D eigenvalue weighted by Gasteiger charge is 2.20. The Bertz CT molecular complexity index is 412. The Labute approximate surface area is 111 Å². The van der Waals surface area contributed by atoms with E-state index in [2.05, 4.69) is 18.3 Å². The van der Waals surface area contributed by atoms with Crippen LogP contribution in [0, 0.1) is 0 Å². The summed E-state index contributed by atoms with van der Waals surface area (Å²) in [6.07, 6.45) is 2.01. The number of methoxy groups -OCH3 is 1. The summed E-state index contributed by atoms with van der Waals surface area (Å²) in [6.45, 7) is 2.16. The van der Waals surface area contributed by atoms with Gasteiger partial charge in [-0.2, -0.15) is 0 Å². The quantitative estimate of drug-likeness (QED) is 0.909. The smallest absolute Gasteiger partial charge is 0.123 e. The van der Waals surface area contributed by atoms with Crippen LogP contribution in [0.15, 0.2) is 24.3 Å². The lowest BCUT2D eigenvalue weighted by Crippen LogP contribution is -2.37. The highest BCUT2D eigenvalue weighted by molar-refractivity contribution is 7.85. The van der Waals surface area contributed by atoms with E-state index in [0.29, 0.717) is 6.04 Å². The standard InChI is InChI=1S/C14H21NO2S/c1-11(13-5-3-4-6-14(13)17-2)15-12-7-9-18(16)10-8-12/h3-6,11-12,15H,7-10H2,1-2H3/t11-,12?,18?/m0/s1. The molecule has 100 valence electrons. The molecule has 1 aliphatic heterocycles. The minimum atomic E-state index is -0.591. The molecule has 0 spiro atoms. The van der Waals surface area contributed by atoms with Crippen LogP contribution in [0.2, 0.25) is 0 Å². The third-order valence-electron chi connectivity index (χ3n) is 3.48. The molecule has 0 saturated carbocycles. The lowest BCUT2D eigenvalue weighted by Gasteiger charge is -2.27. The zero-order valence-corrected chi connectivity index (χ0v) is 11.8. The van der Waals surface area contributed by atoms with Crippen molar-refractivity contribution in [1.82, 2.24) is 5.32 Å². The van der Waals surface area contributed by atoms with Crippen LogP contribution in [-0.2, 0) is 10.8 Å². The van der Waals surface area contributed by atoms with Crippen molar-refractivity contribution in [3.05, 3.63) is 29.8 Å². The van der Waals surface area contributed by atoms with Gasteiger partial charge in [-0.05, 0) is 25.8 Å². The van der Waals surface area contributed by atoms with Crippen LogP contribution in [0.25, 0.3) is 0 Å². The minimum absolute atomic E-state index is 0.262. The van der Waals surface area contributed by atoms with E-state index in [1.807, 2.05) is 18.2 Å². The molecule has 0 radical (unpaired) electrons. The first-order chi connectivity index (χ1) is 8.70. The average Bonchev–Trinajstić information content (AvgIpc) is 2.41. The van der Waals surface area contributed by atoms with Crippen molar-refractivity contribution < 1.29 is 8.95 Å². The van der Waals surface area contributed by atoms with Crippen LogP contribution < -0.4 is 10.1 Å². The fourth-order valence-electron chi connectivity index (χ4n) is 2.43. The molecule has 1 fully saturated rings. The molecular weight excluding hydrogens is 246 g/mol. The molecule has 18 heavy (non-hydrogen) atoms. The molecule has 1 heterocycles. The lowest BCUT2D eigenvalue weighted by molar-refractivity contribution is 0.386. The van der Waals surface area contributed by atoms with Gasteiger partial charge in [-0.25, -0.2) is 0 Å². The number of rotatable bonds is 4. The van der Waals surface area contributed by atoms with Gasteiger partial charge in [0, 0.05) is 40.0 Å². The van der Waals surface area contributed by atoms with Gasteiger partial charge in [0.1, 0.15) is 5.75 Å². The van der Waals surface area contributed by atoms with E-state index in [4.69, 9.17) is 4.74 Å². The van der Waals surface area contributed by atoms with E-state index in [9.17, 15) is 4.21 Å². The van der Waals surface area contributed by atoms with Gasteiger partial charge in [0.2, 0.25) is 0 Å². The summed E-state index contributed by atoms with van der Waals surface area (Å²) in [5.74, 6) is 2.59. The largest absolute Gasteiger partial charge is 0.496 e. The molecule has 1 atom stereocenters. The number of hydrogen-bond acceptors (Lipinski definition) is 3. The maximum Gasteiger partial charge on any atom is 0.123 e. The SMILES string of the molecule is COc1ccccc1[C@H](C)NC1CCS(=O)CC1. The molecule has 4 heteroatoms. The first-order valence-electron chi connectivity index (χ1n) is 6.44. The van der Waals surface area contributed by atoms with Gasteiger partial charge >= 0.3 is 0 Å². The number of ether oxygens (including phenoxy) is 1. The van der Waals surface area contributed by atoms with E-state index in [0.717, 1.165) is 30.1 Å². The maximum absolute atomic E-state index is 11.3. The molecular formula is C14H21NO2S. The fourth-order valence-corrected chi connectivity index (χ4v) is 3.73. The van der Waals surface area contributed by atoms with Crippen molar-refractivity contribution in [3.8, 4) is 5.75 Å². The fraction of sp³-hybridized carbons (Fsp3) is 0.571. The van der Waals surface area contributed by atoms with Crippen molar-refractivity contribution >= 4 is 10.8 Å². The second-order valence-electron chi connectivity index (χ2n) is 4.75. The van der Waals surface area contributed by atoms with Crippen LogP contribution >= 0.6 is 0 Å². The van der Waals surface area contributed by atoms with Gasteiger partial charge in [0.15, 0.2) is 0 Å². The number of benzene rings is 1. The van der Waals surface area contributed by atoms with Gasteiger partial charge in [0.05, 0.1) is 7.11 Å². The third-order valence-corrected chi connectivity index (χ3v) is 4.86. The van der Waals surface area contributed by atoms with E-state index < -0.39 is 10.8 Å². The maximum atomic E-state index is 11.3. The summed E-state index contributed by atoms with van der Waals surface area (Å²) >= 11 is 0. The predicted molar refractivity (Wildman–Crippen MR) is 75.4 cm³/mol. The average molecular weight is 267 g/mol. The highest BCUT2D eigenvalue weighted by atomic mass is 32.2. The van der Waals surface area contributed by atoms with Gasteiger partial charge < -0.3 is 10.1 Å². The first-order valence-corrected chi connectivity index (χ1v) is 7.93. The van der Waals surface area contributed by atoms with E-state index in [1.165, 1.54) is 5.56 Å². The van der Waals surface area contributed by atoms with E-state index in [1.54, 1.807) is 7.11 Å². The summed E-state index contributed by atoms with van der Waals surface area (Å²) in [4.78, 5) is 0. The van der Waals surface area contributed by atoms with Crippen LogP contribution in [0.1, 0.15) is 31.4 Å². The van der Waals surface area contributed by atoms with Crippen LogP contribution in [0.3, 0.4) is 0 Å². The minimum Gasteiger partial charge on any atom is -0.496 e. The molecule has 0 aliphatic carbocycles. The number of nitrogens with one attached hydrogen (secondary N) is 1. The molecule has 1 aromatic carbocycles. The van der Waals surface area contributed by atoms with Gasteiger partial charge in [0.25, 0.3) is 0 Å². The number of hydrogen-bond donors (Lipinski definition) is 1. The summed E-state index contributed by atoms with van der Waals surface area (Å²) in [5.41, 5.74) is 1.19. The molecule has 2 rings (SSSR count). The zero-order chi connectivity index (χ0) is 13.0. The van der Waals surface area contributed by atoms with Crippen LogP contribution in [0.5, 0.6) is 5.75 Å². The molecule has 0 aromatic heterocycles. The van der Waals surface area contributed by atoms with Crippen molar-refractivity contribution in [1.29, 1.82) is 0 Å². The van der Waals surface area contributed by atoms with Gasteiger partial charge in [-0.3, -0.25) is 4.21 Å². The second kappa shape index (κ2) is 6.34. The number of para-hydroxylation sites is 1. The summed E-state index contributed by atoms with van der Waals surface area (Å²) in [6, 6.07) is 8.84. The molecule has 3 nitrogen and oxygen atoms in total. The Morgan fingerprint density at radius 1 is 1.33 bits per heavy atom. The first kappa shape index (κ1) is 13.6.